The molecule has 1 spiro atoms. The maximum Gasteiger partial charge on any atom is 0.252 e. The molecule has 1 aliphatic carbocycles. The van der Waals surface area contributed by atoms with Crippen molar-refractivity contribution < 1.29 is 0 Å². The summed E-state index contributed by atoms with van der Waals surface area (Å²) in [5, 5.41) is 5.56. The molecule has 10 aromatic rings. The van der Waals surface area contributed by atoms with Gasteiger partial charge in [-0.05, 0) is 156 Å². The second kappa shape index (κ2) is 15.5. The van der Waals surface area contributed by atoms with E-state index in [0.717, 1.165) is 0 Å². The molecule has 0 radical (unpaired) electrons. The zero-order valence-electron chi connectivity index (χ0n) is 52.0. The first kappa shape index (κ1) is 51.6. The molecule has 14 rings (SSSR count). The Kier molecular flexibility index (Phi) is 9.99. The average molecular weight is 1050 g/mol. The summed E-state index contributed by atoms with van der Waals surface area (Å²) in [7, 11) is 0. The molecule has 0 unspecified atom stereocenters. The molecule has 0 atom stereocenters. The molecule has 0 saturated heterocycles. The second-order valence-electron chi connectivity index (χ2n) is 32.3. The van der Waals surface area contributed by atoms with Gasteiger partial charge in [-0.2, -0.15) is 0 Å². The Hall–Kier alpha value is -6.58. The van der Waals surface area contributed by atoms with Crippen LogP contribution in [-0.2, 0) is 43.3 Å². The van der Waals surface area contributed by atoms with E-state index in [1.807, 2.05) is 0 Å². The van der Waals surface area contributed by atoms with Gasteiger partial charge in [-0.1, -0.05) is 242 Å². The molecule has 8 aromatic carbocycles. The van der Waals surface area contributed by atoms with Crippen LogP contribution < -0.4 is 16.4 Å². The molecule has 0 bridgehead atoms. The van der Waals surface area contributed by atoms with Gasteiger partial charge in [0.15, 0.2) is 0 Å². The van der Waals surface area contributed by atoms with Crippen LogP contribution in [0.2, 0.25) is 0 Å². The molecule has 4 aliphatic rings. The lowest BCUT2D eigenvalue weighted by Gasteiger charge is -2.45. The third-order valence-corrected chi connectivity index (χ3v) is 19.7. The largest absolute Gasteiger partial charge is 0.310 e. The summed E-state index contributed by atoms with van der Waals surface area (Å²) in [6.07, 6.45) is 0. The normalized spacial score (nSPS) is 15.4. The number of benzene rings is 8. The second-order valence-corrected chi connectivity index (χ2v) is 32.3. The van der Waals surface area contributed by atoms with Crippen LogP contribution >= 0.6 is 0 Å². The summed E-state index contributed by atoms with van der Waals surface area (Å²) >= 11 is 0. The summed E-state index contributed by atoms with van der Waals surface area (Å²) in [5.74, 6) is 0. The van der Waals surface area contributed by atoms with Gasteiger partial charge in [0.05, 0.1) is 22.1 Å². The highest BCUT2D eigenvalue weighted by atomic mass is 15.1. The van der Waals surface area contributed by atoms with Gasteiger partial charge in [-0.25, -0.2) is 0 Å². The molecule has 2 nitrogen and oxygen atoms in total. The van der Waals surface area contributed by atoms with Gasteiger partial charge in [0, 0.05) is 43.8 Å². The maximum absolute atomic E-state index is 2.85. The Labute approximate surface area is 478 Å². The van der Waals surface area contributed by atoms with E-state index in [1.54, 1.807) is 0 Å². The lowest BCUT2D eigenvalue weighted by Crippen LogP contribution is -2.60. The minimum atomic E-state index is -0.683. The Balaban J connectivity index is 1.31. The SMILES string of the molecule is CC(C)(C)c1ccc(-c2cc3c4c5c2-n2c6ccc(C(C)(C)C)cc6c6c(C(C)(C)C)ccc(c62)B5c2ccc(C(C)(C)C)c5c6cc(C(C)(C)C)cc(c6n-4c25)C32c3cc(C(C)(C)C)ccc3-c3ccc(C(C)(C)C)cc32)cc1. The fraction of sp³-hybridized carbons (Fsp3) is 0.377. The van der Waals surface area contributed by atoms with Gasteiger partial charge in [0.2, 0.25) is 0 Å². The smallest absolute Gasteiger partial charge is 0.252 e. The molecule has 404 valence electrons. The fourth-order valence-electron chi connectivity index (χ4n) is 15.4. The summed E-state index contributed by atoms with van der Waals surface area (Å²) in [5.41, 5.74) is 31.7. The van der Waals surface area contributed by atoms with E-state index < -0.39 is 5.41 Å². The highest BCUT2D eigenvalue weighted by Crippen LogP contribution is 2.64. The number of hydrogen-bond acceptors (Lipinski definition) is 0. The minimum Gasteiger partial charge on any atom is -0.310 e. The minimum absolute atomic E-state index is 0.00169. The van der Waals surface area contributed by atoms with Gasteiger partial charge < -0.3 is 9.13 Å². The molecule has 0 amide bonds. The number of nitrogens with zero attached hydrogens (tertiary/aromatic N) is 2. The van der Waals surface area contributed by atoms with Gasteiger partial charge >= 0.3 is 0 Å². The van der Waals surface area contributed by atoms with E-state index in [-0.39, 0.29) is 44.6 Å². The van der Waals surface area contributed by atoms with E-state index in [0.29, 0.717) is 0 Å². The van der Waals surface area contributed by atoms with Crippen molar-refractivity contribution >= 4 is 66.7 Å². The Morgan fingerprint density at radius 2 is 0.762 bits per heavy atom. The first-order chi connectivity index (χ1) is 37.1. The van der Waals surface area contributed by atoms with Crippen molar-refractivity contribution in [3.8, 4) is 33.6 Å². The fourth-order valence-corrected chi connectivity index (χ4v) is 15.4. The van der Waals surface area contributed by atoms with Crippen LogP contribution in [0.5, 0.6) is 0 Å². The molecule has 80 heavy (non-hydrogen) atoms. The van der Waals surface area contributed by atoms with E-state index in [1.165, 1.54) is 155 Å². The predicted octanol–water partition coefficient (Wildman–Crippen LogP) is 18.4. The quantitative estimate of drug-likeness (QED) is 0.145. The van der Waals surface area contributed by atoms with Crippen molar-refractivity contribution in [3.63, 3.8) is 0 Å². The molecule has 3 heteroatoms. The van der Waals surface area contributed by atoms with E-state index in [4.69, 9.17) is 0 Å². The number of aromatic nitrogens is 2. The molecule has 0 fully saturated rings. The Bertz CT molecular complexity index is 4350. The third kappa shape index (κ3) is 6.67. The first-order valence-corrected chi connectivity index (χ1v) is 30.0. The van der Waals surface area contributed by atoms with Gasteiger partial charge in [0.1, 0.15) is 0 Å². The number of fused-ring (bicyclic) bond motifs is 14. The van der Waals surface area contributed by atoms with Crippen molar-refractivity contribution in [2.75, 3.05) is 0 Å². The highest BCUT2D eigenvalue weighted by Gasteiger charge is 2.56. The average Bonchev–Trinajstić information content (AvgIpc) is 4.11. The Morgan fingerprint density at radius 3 is 1.26 bits per heavy atom. The Morgan fingerprint density at radius 1 is 0.325 bits per heavy atom. The monoisotopic (exact) mass is 1050 g/mol. The lowest BCUT2D eigenvalue weighted by atomic mass is 9.33. The molecule has 0 N–H and O–H groups in total. The van der Waals surface area contributed by atoms with Crippen molar-refractivity contribution in [2.24, 2.45) is 0 Å². The highest BCUT2D eigenvalue weighted by molar-refractivity contribution is 7.00. The summed E-state index contributed by atoms with van der Waals surface area (Å²) in [6.45, 7) is 50.4. The van der Waals surface area contributed by atoms with Crippen LogP contribution in [0.1, 0.15) is 207 Å². The van der Waals surface area contributed by atoms with Crippen LogP contribution in [0.25, 0.3) is 77.2 Å². The molecule has 2 aromatic heterocycles. The van der Waals surface area contributed by atoms with Gasteiger partial charge in [0.25, 0.3) is 6.71 Å². The molecular formula is C77H83BN2. The zero-order valence-corrected chi connectivity index (χ0v) is 52.0. The molecule has 5 heterocycles. The van der Waals surface area contributed by atoms with Gasteiger partial charge in [-0.3, -0.25) is 0 Å². The predicted molar refractivity (Wildman–Crippen MR) is 347 cm³/mol. The topological polar surface area (TPSA) is 9.86 Å². The van der Waals surface area contributed by atoms with Crippen molar-refractivity contribution in [1.82, 2.24) is 9.13 Å². The first-order valence-electron chi connectivity index (χ1n) is 30.0. The maximum atomic E-state index is 2.85. The van der Waals surface area contributed by atoms with Crippen molar-refractivity contribution in [3.05, 3.63) is 183 Å². The standard InChI is InChI=1S/C77H83BN2/c1-70(2,3)43-24-22-42(23-25-43)50-41-58-67-64-66(50)79-61-35-28-44(71(4,5)6)36-51(61)62-53(75(16,17)18)31-33-59(68(62)79)78(64)60-34-32-54(76(19,20)21)63-52-37-47(74(13,14)15)40-57(65(52)80(67)69(60)63)77(58)55-38-45(72(7,8)9)26-29-48(55)49-30-27-46(39-56(49)77)73(10,11)12/h22-41H,1-21H3. The van der Waals surface area contributed by atoms with Crippen LogP contribution in [0.4, 0.5) is 0 Å². The van der Waals surface area contributed by atoms with Crippen LogP contribution in [0.3, 0.4) is 0 Å². The molecule has 0 saturated carbocycles. The summed E-state index contributed by atoms with van der Waals surface area (Å²) in [6, 6.07) is 50.8. The summed E-state index contributed by atoms with van der Waals surface area (Å²) < 4.78 is 5.64. The summed E-state index contributed by atoms with van der Waals surface area (Å²) in [4.78, 5) is 0. The molecular weight excluding hydrogens is 964 g/mol. The van der Waals surface area contributed by atoms with Crippen LogP contribution in [-0.4, -0.2) is 15.8 Å². The van der Waals surface area contributed by atoms with Gasteiger partial charge in [-0.15, -0.1) is 0 Å². The van der Waals surface area contributed by atoms with E-state index in [2.05, 4.69) is 276 Å². The lowest BCUT2D eigenvalue weighted by molar-refractivity contribution is 0.583. The number of hydrogen-bond donors (Lipinski definition) is 0. The van der Waals surface area contributed by atoms with E-state index in [9.17, 15) is 0 Å². The van der Waals surface area contributed by atoms with Crippen molar-refractivity contribution in [2.45, 2.75) is 189 Å². The van der Waals surface area contributed by atoms with Crippen LogP contribution in [0, 0.1) is 0 Å². The zero-order chi connectivity index (χ0) is 57.0. The molecule has 3 aliphatic heterocycles. The third-order valence-electron chi connectivity index (χ3n) is 19.7. The van der Waals surface area contributed by atoms with Crippen molar-refractivity contribution in [1.29, 1.82) is 0 Å². The van der Waals surface area contributed by atoms with Crippen LogP contribution in [0.15, 0.2) is 121 Å². The van der Waals surface area contributed by atoms with E-state index >= 15 is 0 Å². The number of rotatable bonds is 1.